The average molecular weight is 350 g/mol. The average Bonchev–Trinajstić information content (AvgIpc) is 3.21. The smallest absolute Gasteiger partial charge is 0.255 e. The summed E-state index contributed by atoms with van der Waals surface area (Å²) in [6, 6.07) is 12.9. The van der Waals surface area contributed by atoms with Crippen molar-refractivity contribution in [1.29, 1.82) is 0 Å². The first-order valence-corrected chi connectivity index (χ1v) is 9.60. The van der Waals surface area contributed by atoms with Crippen molar-refractivity contribution in [3.63, 3.8) is 0 Å². The van der Waals surface area contributed by atoms with Crippen LogP contribution in [0.1, 0.15) is 36.0 Å². The molecule has 0 radical (unpaired) electrons. The molecule has 5 nitrogen and oxygen atoms in total. The Kier molecular flexibility index (Phi) is 5.04. The lowest BCUT2D eigenvalue weighted by Crippen LogP contribution is -2.48. The minimum absolute atomic E-state index is 0.0836. The minimum atomic E-state index is 0.0836. The number of aromatic nitrogens is 1. The number of amides is 1. The molecule has 1 saturated heterocycles. The third-order valence-electron chi connectivity index (χ3n) is 5.40. The molecule has 0 spiro atoms. The number of rotatable bonds is 4. The van der Waals surface area contributed by atoms with Gasteiger partial charge >= 0.3 is 0 Å². The number of hydrogen-bond donors (Lipinski definition) is 1. The number of anilines is 2. The number of carbonyl (C=O) groups excluding carboxylic acids is 1. The number of pyridine rings is 1. The van der Waals surface area contributed by atoms with Crippen LogP contribution in [0.2, 0.25) is 0 Å². The van der Waals surface area contributed by atoms with E-state index in [1.54, 1.807) is 6.20 Å². The zero-order valence-corrected chi connectivity index (χ0v) is 15.1. The molecule has 1 saturated carbocycles. The Morgan fingerprint density at radius 2 is 1.73 bits per heavy atom. The van der Waals surface area contributed by atoms with E-state index in [0.29, 0.717) is 11.6 Å². The van der Waals surface area contributed by atoms with Crippen LogP contribution in [0, 0.1) is 0 Å². The highest BCUT2D eigenvalue weighted by Crippen LogP contribution is 2.23. The van der Waals surface area contributed by atoms with E-state index in [1.165, 1.54) is 31.4 Å². The Labute approximate surface area is 155 Å². The monoisotopic (exact) mass is 350 g/mol. The molecule has 1 N–H and O–H groups in total. The SMILES string of the molecule is O=C(c1cncc(NC2CCCC2)c1)N1CCN(c2ccccc2)CC1. The summed E-state index contributed by atoms with van der Waals surface area (Å²) in [5.74, 6) is 0.0836. The molecular formula is C21H26N4O. The molecule has 1 aromatic carbocycles. The Morgan fingerprint density at radius 3 is 2.46 bits per heavy atom. The van der Waals surface area contributed by atoms with Crippen LogP contribution in [0.5, 0.6) is 0 Å². The summed E-state index contributed by atoms with van der Waals surface area (Å²) >= 11 is 0. The number of benzene rings is 1. The molecule has 136 valence electrons. The van der Waals surface area contributed by atoms with Crippen LogP contribution >= 0.6 is 0 Å². The van der Waals surface area contributed by atoms with Gasteiger partial charge in [0.15, 0.2) is 0 Å². The highest BCUT2D eigenvalue weighted by molar-refractivity contribution is 5.95. The maximum Gasteiger partial charge on any atom is 0.255 e. The molecule has 1 amide bonds. The molecule has 0 atom stereocenters. The summed E-state index contributed by atoms with van der Waals surface area (Å²) in [5, 5.41) is 3.53. The van der Waals surface area contributed by atoms with Gasteiger partial charge in [-0.25, -0.2) is 0 Å². The quantitative estimate of drug-likeness (QED) is 0.918. The van der Waals surface area contributed by atoms with Gasteiger partial charge in [-0.1, -0.05) is 31.0 Å². The van der Waals surface area contributed by atoms with Gasteiger partial charge in [0.1, 0.15) is 0 Å². The van der Waals surface area contributed by atoms with Crippen molar-refractivity contribution in [3.05, 3.63) is 54.4 Å². The van der Waals surface area contributed by atoms with Crippen LogP contribution in [0.3, 0.4) is 0 Å². The Bertz CT molecular complexity index is 735. The normalized spacial score (nSPS) is 18.2. The first-order valence-electron chi connectivity index (χ1n) is 9.60. The highest BCUT2D eigenvalue weighted by atomic mass is 16.2. The second kappa shape index (κ2) is 7.77. The predicted molar refractivity (Wildman–Crippen MR) is 105 cm³/mol. The molecule has 1 aromatic heterocycles. The number of hydrogen-bond acceptors (Lipinski definition) is 4. The third-order valence-corrected chi connectivity index (χ3v) is 5.40. The van der Waals surface area contributed by atoms with Crippen LogP contribution in [0.15, 0.2) is 48.8 Å². The predicted octanol–water partition coefficient (Wildman–Crippen LogP) is 3.40. The fraction of sp³-hybridized carbons (Fsp3) is 0.429. The second-order valence-corrected chi connectivity index (χ2v) is 7.20. The zero-order chi connectivity index (χ0) is 17.8. The highest BCUT2D eigenvalue weighted by Gasteiger charge is 2.23. The van der Waals surface area contributed by atoms with E-state index in [9.17, 15) is 4.79 Å². The molecule has 4 rings (SSSR count). The van der Waals surface area contributed by atoms with Gasteiger partial charge in [-0.3, -0.25) is 9.78 Å². The molecule has 2 aliphatic rings. The summed E-state index contributed by atoms with van der Waals surface area (Å²) in [6.07, 6.45) is 8.50. The molecule has 2 aromatic rings. The van der Waals surface area contributed by atoms with Gasteiger partial charge in [0.05, 0.1) is 11.3 Å². The van der Waals surface area contributed by atoms with Gasteiger partial charge in [0, 0.05) is 50.3 Å². The van der Waals surface area contributed by atoms with Crippen molar-refractivity contribution in [1.82, 2.24) is 9.88 Å². The molecule has 26 heavy (non-hydrogen) atoms. The lowest BCUT2D eigenvalue weighted by molar-refractivity contribution is 0.0746. The number of nitrogens with zero attached hydrogens (tertiary/aromatic N) is 3. The lowest BCUT2D eigenvalue weighted by atomic mass is 10.2. The molecule has 2 fully saturated rings. The van der Waals surface area contributed by atoms with Crippen molar-refractivity contribution in [2.45, 2.75) is 31.7 Å². The van der Waals surface area contributed by atoms with E-state index in [2.05, 4.69) is 39.5 Å². The Balaban J connectivity index is 1.37. The first kappa shape index (κ1) is 16.9. The summed E-state index contributed by atoms with van der Waals surface area (Å²) in [7, 11) is 0. The molecular weight excluding hydrogens is 324 g/mol. The third kappa shape index (κ3) is 3.82. The first-order chi connectivity index (χ1) is 12.8. The fourth-order valence-electron chi connectivity index (χ4n) is 3.93. The van der Waals surface area contributed by atoms with Crippen molar-refractivity contribution in [3.8, 4) is 0 Å². The maximum absolute atomic E-state index is 12.9. The number of carbonyl (C=O) groups is 1. The zero-order valence-electron chi connectivity index (χ0n) is 15.1. The van der Waals surface area contributed by atoms with Crippen molar-refractivity contribution >= 4 is 17.3 Å². The van der Waals surface area contributed by atoms with Gasteiger partial charge in [0.2, 0.25) is 0 Å². The number of piperazine rings is 1. The van der Waals surface area contributed by atoms with E-state index in [0.717, 1.165) is 31.9 Å². The summed E-state index contributed by atoms with van der Waals surface area (Å²) < 4.78 is 0. The number of para-hydroxylation sites is 1. The Hall–Kier alpha value is -2.56. The van der Waals surface area contributed by atoms with E-state index >= 15 is 0 Å². The summed E-state index contributed by atoms with van der Waals surface area (Å²) in [6.45, 7) is 3.22. The van der Waals surface area contributed by atoms with Gasteiger partial charge in [0.25, 0.3) is 5.91 Å². The van der Waals surface area contributed by atoms with Crippen LogP contribution in [0.25, 0.3) is 0 Å². The molecule has 0 bridgehead atoms. The van der Waals surface area contributed by atoms with E-state index in [4.69, 9.17) is 0 Å². The van der Waals surface area contributed by atoms with Gasteiger partial charge in [-0.15, -0.1) is 0 Å². The summed E-state index contributed by atoms with van der Waals surface area (Å²) in [5.41, 5.74) is 2.87. The maximum atomic E-state index is 12.9. The van der Waals surface area contributed by atoms with Gasteiger partial charge in [-0.05, 0) is 31.0 Å². The lowest BCUT2D eigenvalue weighted by Gasteiger charge is -2.36. The van der Waals surface area contributed by atoms with Crippen LogP contribution in [0.4, 0.5) is 11.4 Å². The van der Waals surface area contributed by atoms with Crippen LogP contribution < -0.4 is 10.2 Å². The van der Waals surface area contributed by atoms with E-state index in [-0.39, 0.29) is 5.91 Å². The van der Waals surface area contributed by atoms with Crippen molar-refractivity contribution in [2.75, 3.05) is 36.4 Å². The van der Waals surface area contributed by atoms with Crippen molar-refractivity contribution in [2.24, 2.45) is 0 Å². The van der Waals surface area contributed by atoms with Crippen LogP contribution in [-0.4, -0.2) is 48.0 Å². The molecule has 1 aliphatic heterocycles. The van der Waals surface area contributed by atoms with Crippen LogP contribution in [-0.2, 0) is 0 Å². The van der Waals surface area contributed by atoms with Crippen molar-refractivity contribution < 1.29 is 4.79 Å². The summed E-state index contributed by atoms with van der Waals surface area (Å²) in [4.78, 5) is 21.4. The largest absolute Gasteiger partial charge is 0.381 e. The standard InChI is InChI=1S/C21H26N4O/c26-21(17-14-19(16-22-15-17)23-18-6-4-5-7-18)25-12-10-24(11-13-25)20-8-2-1-3-9-20/h1-3,8-9,14-16,18,23H,4-7,10-13H2. The topological polar surface area (TPSA) is 48.5 Å². The van der Waals surface area contributed by atoms with E-state index < -0.39 is 0 Å². The molecule has 0 unspecified atom stereocenters. The second-order valence-electron chi connectivity index (χ2n) is 7.20. The van der Waals surface area contributed by atoms with Gasteiger partial charge in [-0.2, -0.15) is 0 Å². The Morgan fingerprint density at radius 1 is 1.00 bits per heavy atom. The number of nitrogens with one attached hydrogen (secondary N) is 1. The van der Waals surface area contributed by atoms with Gasteiger partial charge < -0.3 is 15.1 Å². The minimum Gasteiger partial charge on any atom is -0.381 e. The fourth-order valence-corrected chi connectivity index (χ4v) is 3.93. The van der Waals surface area contributed by atoms with E-state index in [1.807, 2.05) is 23.2 Å². The molecule has 1 aliphatic carbocycles. The molecule has 2 heterocycles. The molecule has 5 heteroatoms.